The largest absolute Gasteiger partial charge is 0.378 e. The lowest BCUT2D eigenvalue weighted by Crippen LogP contribution is -2.40. The SMILES string of the molecule is N#Cc1ccc(N2C(=O)C(c3ccc(Cl)cc3Cl)=C(N3CCOCC3)C2=O)cc1. The van der Waals surface area contributed by atoms with E-state index in [1.807, 2.05) is 11.0 Å². The molecule has 6 nitrogen and oxygen atoms in total. The number of halogens is 2. The van der Waals surface area contributed by atoms with Gasteiger partial charge in [0.2, 0.25) is 0 Å². The average molecular weight is 428 g/mol. The van der Waals surface area contributed by atoms with Crippen LogP contribution in [0.15, 0.2) is 48.2 Å². The zero-order chi connectivity index (χ0) is 20.5. The summed E-state index contributed by atoms with van der Waals surface area (Å²) in [6.45, 7) is 1.90. The van der Waals surface area contributed by atoms with E-state index in [0.29, 0.717) is 58.9 Å². The first kappa shape index (κ1) is 19.5. The van der Waals surface area contributed by atoms with E-state index >= 15 is 0 Å². The summed E-state index contributed by atoms with van der Waals surface area (Å²) < 4.78 is 5.39. The maximum absolute atomic E-state index is 13.4. The van der Waals surface area contributed by atoms with E-state index in [-0.39, 0.29) is 5.57 Å². The van der Waals surface area contributed by atoms with Gasteiger partial charge in [-0.25, -0.2) is 4.90 Å². The number of nitrogens with zero attached hydrogens (tertiary/aromatic N) is 3. The van der Waals surface area contributed by atoms with E-state index in [1.54, 1.807) is 42.5 Å². The van der Waals surface area contributed by atoms with Crippen LogP contribution in [-0.4, -0.2) is 43.0 Å². The second-order valence-electron chi connectivity index (χ2n) is 6.55. The lowest BCUT2D eigenvalue weighted by atomic mass is 10.0. The Hall–Kier alpha value is -2.85. The summed E-state index contributed by atoms with van der Waals surface area (Å²) in [6.07, 6.45) is 0. The van der Waals surface area contributed by atoms with Gasteiger partial charge in [0.25, 0.3) is 11.8 Å². The third-order valence-electron chi connectivity index (χ3n) is 4.84. The van der Waals surface area contributed by atoms with Crippen LogP contribution in [0.3, 0.4) is 0 Å². The molecule has 29 heavy (non-hydrogen) atoms. The molecule has 8 heteroatoms. The monoisotopic (exact) mass is 427 g/mol. The molecular weight excluding hydrogens is 413 g/mol. The van der Waals surface area contributed by atoms with E-state index in [0.717, 1.165) is 4.90 Å². The molecule has 2 amide bonds. The third-order valence-corrected chi connectivity index (χ3v) is 5.39. The fourth-order valence-corrected chi connectivity index (χ4v) is 3.96. The van der Waals surface area contributed by atoms with Crippen LogP contribution in [0.5, 0.6) is 0 Å². The minimum Gasteiger partial charge on any atom is -0.378 e. The predicted octanol–water partition coefficient (Wildman–Crippen LogP) is 3.48. The van der Waals surface area contributed by atoms with Crippen molar-refractivity contribution in [1.82, 2.24) is 4.90 Å². The first-order valence-electron chi connectivity index (χ1n) is 8.92. The zero-order valence-corrected chi connectivity index (χ0v) is 16.7. The third kappa shape index (κ3) is 3.49. The highest BCUT2D eigenvalue weighted by atomic mass is 35.5. The molecule has 0 saturated carbocycles. The van der Waals surface area contributed by atoms with Gasteiger partial charge < -0.3 is 9.64 Å². The first-order chi connectivity index (χ1) is 14.0. The Kier molecular flexibility index (Phi) is 5.29. The number of ether oxygens (including phenoxy) is 1. The van der Waals surface area contributed by atoms with Crippen molar-refractivity contribution >= 4 is 46.3 Å². The molecule has 2 aromatic carbocycles. The number of anilines is 1. The summed E-state index contributed by atoms with van der Waals surface area (Å²) >= 11 is 12.4. The summed E-state index contributed by atoms with van der Waals surface area (Å²) in [5.41, 5.74) is 1.82. The molecule has 0 N–H and O–H groups in total. The zero-order valence-electron chi connectivity index (χ0n) is 15.2. The van der Waals surface area contributed by atoms with Crippen LogP contribution in [0.1, 0.15) is 11.1 Å². The number of rotatable bonds is 3. The molecule has 2 aliphatic heterocycles. The Balaban J connectivity index is 1.84. The molecule has 1 fully saturated rings. The molecule has 0 spiro atoms. The molecule has 0 unspecified atom stereocenters. The number of hydrogen-bond acceptors (Lipinski definition) is 5. The van der Waals surface area contributed by atoms with E-state index < -0.39 is 11.8 Å². The minimum atomic E-state index is -0.467. The fourth-order valence-electron chi connectivity index (χ4n) is 3.45. The smallest absolute Gasteiger partial charge is 0.282 e. The Labute approximate surface area is 177 Å². The standard InChI is InChI=1S/C21H15Cl2N3O3/c22-14-3-6-16(17(23)11-14)18-19(25-7-9-29-10-8-25)21(28)26(20(18)27)15-4-1-13(12-24)2-5-15/h1-6,11H,7-10H2. The van der Waals surface area contributed by atoms with Gasteiger partial charge in [-0.15, -0.1) is 0 Å². The van der Waals surface area contributed by atoms with Gasteiger partial charge >= 0.3 is 0 Å². The van der Waals surface area contributed by atoms with Gasteiger partial charge in [-0.3, -0.25) is 9.59 Å². The van der Waals surface area contributed by atoms with Gasteiger partial charge in [0.1, 0.15) is 5.70 Å². The number of nitriles is 1. The Morgan fingerprint density at radius 1 is 0.966 bits per heavy atom. The summed E-state index contributed by atoms with van der Waals surface area (Å²) in [5, 5.41) is 9.73. The van der Waals surface area contributed by atoms with Crippen molar-refractivity contribution in [3.63, 3.8) is 0 Å². The first-order valence-corrected chi connectivity index (χ1v) is 9.68. The quantitative estimate of drug-likeness (QED) is 0.700. The topological polar surface area (TPSA) is 73.6 Å². The van der Waals surface area contributed by atoms with Crippen LogP contribution in [0.4, 0.5) is 5.69 Å². The normalized spacial score (nSPS) is 17.1. The molecule has 0 bridgehead atoms. The van der Waals surface area contributed by atoms with Gasteiger partial charge in [0.05, 0.1) is 41.1 Å². The number of carbonyl (C=O) groups is 2. The molecule has 2 aromatic rings. The van der Waals surface area contributed by atoms with Crippen LogP contribution in [0.25, 0.3) is 5.57 Å². The van der Waals surface area contributed by atoms with Crippen molar-refractivity contribution in [2.45, 2.75) is 0 Å². The second kappa shape index (κ2) is 7.88. The number of hydrogen-bond donors (Lipinski definition) is 0. The van der Waals surface area contributed by atoms with Crippen molar-refractivity contribution in [3.8, 4) is 6.07 Å². The van der Waals surface area contributed by atoms with Crippen LogP contribution < -0.4 is 4.90 Å². The highest BCUT2D eigenvalue weighted by Gasteiger charge is 2.43. The van der Waals surface area contributed by atoms with Crippen LogP contribution in [0.2, 0.25) is 10.0 Å². The molecule has 146 valence electrons. The average Bonchev–Trinajstić information content (AvgIpc) is 2.99. The molecule has 4 rings (SSSR count). The molecule has 0 atom stereocenters. The molecular formula is C21H15Cl2N3O3. The van der Waals surface area contributed by atoms with E-state index in [4.69, 9.17) is 33.2 Å². The lowest BCUT2D eigenvalue weighted by molar-refractivity contribution is -0.121. The van der Waals surface area contributed by atoms with Crippen LogP contribution >= 0.6 is 23.2 Å². The fraction of sp³-hybridized carbons (Fsp3) is 0.190. The highest BCUT2D eigenvalue weighted by molar-refractivity contribution is 6.47. The van der Waals surface area contributed by atoms with Crippen molar-refractivity contribution in [2.75, 3.05) is 31.2 Å². The molecule has 2 heterocycles. The van der Waals surface area contributed by atoms with E-state index in [1.165, 1.54) is 0 Å². The minimum absolute atomic E-state index is 0.239. The number of morpholine rings is 1. The highest BCUT2D eigenvalue weighted by Crippen LogP contribution is 2.38. The summed E-state index contributed by atoms with van der Waals surface area (Å²) in [7, 11) is 0. The number of benzene rings is 2. The predicted molar refractivity (Wildman–Crippen MR) is 109 cm³/mol. The lowest BCUT2D eigenvalue weighted by Gasteiger charge is -2.29. The summed E-state index contributed by atoms with van der Waals surface area (Å²) in [4.78, 5) is 29.7. The van der Waals surface area contributed by atoms with Gasteiger partial charge in [-0.05, 0) is 36.4 Å². The Bertz CT molecular complexity index is 1070. The number of amides is 2. The Morgan fingerprint density at radius 3 is 2.28 bits per heavy atom. The molecule has 0 aromatic heterocycles. The van der Waals surface area contributed by atoms with Crippen LogP contribution in [-0.2, 0) is 14.3 Å². The maximum Gasteiger partial charge on any atom is 0.282 e. The summed E-state index contributed by atoms with van der Waals surface area (Å²) in [5.74, 6) is -0.895. The van der Waals surface area contributed by atoms with E-state index in [9.17, 15) is 9.59 Å². The second-order valence-corrected chi connectivity index (χ2v) is 7.40. The van der Waals surface area contributed by atoms with Gasteiger partial charge in [0.15, 0.2) is 0 Å². The van der Waals surface area contributed by atoms with E-state index in [2.05, 4.69) is 0 Å². The van der Waals surface area contributed by atoms with Gasteiger partial charge in [-0.1, -0.05) is 29.3 Å². The number of imide groups is 1. The molecule has 1 saturated heterocycles. The van der Waals surface area contributed by atoms with Crippen molar-refractivity contribution in [2.24, 2.45) is 0 Å². The molecule has 0 aliphatic carbocycles. The molecule has 0 radical (unpaired) electrons. The molecule has 2 aliphatic rings. The van der Waals surface area contributed by atoms with Gasteiger partial charge in [-0.2, -0.15) is 5.26 Å². The van der Waals surface area contributed by atoms with Crippen molar-refractivity contribution in [3.05, 3.63) is 69.3 Å². The maximum atomic E-state index is 13.4. The number of carbonyl (C=O) groups excluding carboxylic acids is 2. The van der Waals surface area contributed by atoms with Gasteiger partial charge in [0, 0.05) is 23.7 Å². The Morgan fingerprint density at radius 2 is 1.66 bits per heavy atom. The summed E-state index contributed by atoms with van der Waals surface area (Å²) in [6, 6.07) is 13.1. The van der Waals surface area contributed by atoms with Crippen molar-refractivity contribution < 1.29 is 14.3 Å². The van der Waals surface area contributed by atoms with Crippen molar-refractivity contribution in [1.29, 1.82) is 5.26 Å². The van der Waals surface area contributed by atoms with Crippen LogP contribution in [0, 0.1) is 11.3 Å².